The van der Waals surface area contributed by atoms with Crippen molar-refractivity contribution in [2.75, 3.05) is 39.8 Å². The summed E-state index contributed by atoms with van der Waals surface area (Å²) in [5, 5.41) is 8.67. The predicted octanol–water partition coefficient (Wildman–Crippen LogP) is 3.79. The summed E-state index contributed by atoms with van der Waals surface area (Å²) in [5.74, 6) is 0.0137. The van der Waals surface area contributed by atoms with Crippen LogP contribution in [0, 0.1) is 13.8 Å². The highest BCUT2D eigenvalue weighted by Crippen LogP contribution is 2.21. The lowest BCUT2D eigenvalue weighted by Gasteiger charge is -2.35. The molecule has 2 heterocycles. The number of amides is 1. The molecule has 0 radical (unpaired) electrons. The zero-order chi connectivity index (χ0) is 23.4. The maximum Gasteiger partial charge on any atom is 0.225 e. The lowest BCUT2D eigenvalue weighted by Crippen LogP contribution is -2.48. The van der Waals surface area contributed by atoms with E-state index in [4.69, 9.17) is 11.6 Å². The summed E-state index contributed by atoms with van der Waals surface area (Å²) in [6, 6.07) is 17.8. The number of nitrogens with one attached hydrogen (secondary N) is 1. The fourth-order valence-corrected chi connectivity index (χ4v) is 4.50. The van der Waals surface area contributed by atoms with E-state index in [1.807, 2.05) is 61.0 Å². The van der Waals surface area contributed by atoms with Gasteiger partial charge >= 0.3 is 0 Å². The molecule has 0 saturated carbocycles. The van der Waals surface area contributed by atoms with E-state index in [1.165, 1.54) is 0 Å². The fraction of sp³-hybridized carbons (Fsp3) is 0.385. The van der Waals surface area contributed by atoms with Crippen molar-refractivity contribution in [2.24, 2.45) is 0 Å². The van der Waals surface area contributed by atoms with Crippen LogP contribution in [0.15, 0.2) is 54.6 Å². The Hall–Kier alpha value is -2.67. The van der Waals surface area contributed by atoms with Crippen molar-refractivity contribution in [2.45, 2.75) is 26.3 Å². The Morgan fingerprint density at radius 2 is 1.70 bits per heavy atom. The van der Waals surface area contributed by atoms with Gasteiger partial charge in [0.2, 0.25) is 5.91 Å². The van der Waals surface area contributed by atoms with E-state index >= 15 is 0 Å². The first-order valence-electron chi connectivity index (χ1n) is 11.5. The number of aryl methyl sites for hydroxylation is 1. The van der Waals surface area contributed by atoms with Crippen molar-refractivity contribution < 1.29 is 4.79 Å². The molecule has 1 fully saturated rings. The molecule has 1 unspecified atom stereocenters. The van der Waals surface area contributed by atoms with Gasteiger partial charge in [-0.2, -0.15) is 5.10 Å². The Bertz CT molecular complexity index is 1070. The number of hydrogen-bond donors (Lipinski definition) is 1. The Morgan fingerprint density at radius 3 is 2.36 bits per heavy atom. The van der Waals surface area contributed by atoms with Crippen molar-refractivity contribution in [3.63, 3.8) is 0 Å². The summed E-state index contributed by atoms with van der Waals surface area (Å²) in [5.41, 5.74) is 4.88. The zero-order valence-electron chi connectivity index (χ0n) is 19.6. The molecule has 7 heteroatoms. The molecule has 174 valence electrons. The van der Waals surface area contributed by atoms with Crippen LogP contribution in [0.4, 0.5) is 0 Å². The Morgan fingerprint density at radius 1 is 1.03 bits per heavy atom. The molecule has 1 aliphatic rings. The van der Waals surface area contributed by atoms with Crippen molar-refractivity contribution in [3.05, 3.63) is 82.1 Å². The van der Waals surface area contributed by atoms with Gasteiger partial charge in [0.1, 0.15) is 0 Å². The van der Waals surface area contributed by atoms with Crippen LogP contribution in [0.1, 0.15) is 28.6 Å². The molecule has 1 N–H and O–H groups in total. The molecule has 33 heavy (non-hydrogen) atoms. The maximum atomic E-state index is 13.2. The van der Waals surface area contributed by atoms with Gasteiger partial charge in [-0.15, -0.1) is 0 Å². The van der Waals surface area contributed by atoms with Crippen LogP contribution in [0.2, 0.25) is 5.02 Å². The van der Waals surface area contributed by atoms with E-state index in [9.17, 15) is 4.79 Å². The number of rotatable bonds is 7. The highest BCUT2D eigenvalue weighted by Gasteiger charge is 2.23. The molecule has 1 saturated heterocycles. The minimum atomic E-state index is -0.0472. The fourth-order valence-electron chi connectivity index (χ4n) is 4.38. The number of halogens is 1. The van der Waals surface area contributed by atoms with Crippen LogP contribution < -0.4 is 5.32 Å². The average molecular weight is 466 g/mol. The van der Waals surface area contributed by atoms with Gasteiger partial charge in [-0.05, 0) is 50.7 Å². The van der Waals surface area contributed by atoms with E-state index < -0.39 is 0 Å². The minimum Gasteiger partial charge on any atom is -0.348 e. The molecular weight excluding hydrogens is 434 g/mol. The molecule has 6 nitrogen and oxygen atoms in total. The third-order valence-electron chi connectivity index (χ3n) is 6.42. The SMILES string of the molecule is Cc1nn(-c2ccc(Cl)cc2)c(C)c1CC(=O)NC(CN1CCN(C)CC1)c1ccccc1. The Kier molecular flexibility index (Phi) is 7.48. The van der Waals surface area contributed by atoms with E-state index in [0.717, 1.165) is 60.9 Å². The monoisotopic (exact) mass is 465 g/mol. The van der Waals surface area contributed by atoms with E-state index in [-0.39, 0.29) is 11.9 Å². The summed E-state index contributed by atoms with van der Waals surface area (Å²) in [6.45, 7) is 8.92. The molecule has 1 aromatic heterocycles. The minimum absolute atomic E-state index is 0.0137. The first-order valence-corrected chi connectivity index (χ1v) is 11.8. The molecule has 0 aliphatic carbocycles. The molecule has 3 aromatic rings. The third-order valence-corrected chi connectivity index (χ3v) is 6.68. The Balaban J connectivity index is 1.49. The van der Waals surface area contributed by atoms with Crippen LogP contribution >= 0.6 is 11.6 Å². The summed E-state index contributed by atoms with van der Waals surface area (Å²) in [7, 11) is 2.16. The molecule has 0 spiro atoms. The first kappa shape index (κ1) is 23.5. The summed E-state index contributed by atoms with van der Waals surface area (Å²) in [4.78, 5) is 18.0. The lowest BCUT2D eigenvalue weighted by atomic mass is 10.0. The number of hydrogen-bond acceptors (Lipinski definition) is 4. The van der Waals surface area contributed by atoms with Gasteiger partial charge in [0.05, 0.1) is 23.8 Å². The van der Waals surface area contributed by atoms with Crippen LogP contribution in [0.5, 0.6) is 0 Å². The second-order valence-electron chi connectivity index (χ2n) is 8.85. The van der Waals surface area contributed by atoms with Gasteiger partial charge in [-0.1, -0.05) is 41.9 Å². The summed E-state index contributed by atoms with van der Waals surface area (Å²) >= 11 is 6.03. The van der Waals surface area contributed by atoms with Gasteiger partial charge in [0.15, 0.2) is 0 Å². The normalized spacial score (nSPS) is 16.0. The summed E-state index contributed by atoms with van der Waals surface area (Å²) < 4.78 is 1.88. The van der Waals surface area contributed by atoms with Crippen molar-refractivity contribution in [1.29, 1.82) is 0 Å². The Labute approximate surface area is 201 Å². The lowest BCUT2D eigenvalue weighted by molar-refractivity contribution is -0.121. The molecule has 2 aromatic carbocycles. The summed E-state index contributed by atoms with van der Waals surface area (Å²) in [6.07, 6.45) is 0.303. The second-order valence-corrected chi connectivity index (χ2v) is 9.29. The van der Waals surface area contributed by atoms with Gasteiger partial charge < -0.3 is 10.2 Å². The zero-order valence-corrected chi connectivity index (χ0v) is 20.3. The number of carbonyl (C=O) groups excluding carboxylic acids is 1. The third kappa shape index (κ3) is 5.82. The molecule has 4 rings (SSSR count). The number of benzene rings is 2. The molecule has 1 atom stereocenters. The van der Waals surface area contributed by atoms with E-state index in [1.54, 1.807) is 0 Å². The number of aromatic nitrogens is 2. The van der Waals surface area contributed by atoms with Gasteiger partial charge in [0, 0.05) is 49.0 Å². The van der Waals surface area contributed by atoms with Crippen molar-refractivity contribution in [3.8, 4) is 5.69 Å². The molecule has 1 amide bonds. The largest absolute Gasteiger partial charge is 0.348 e. The smallest absolute Gasteiger partial charge is 0.225 e. The number of piperazine rings is 1. The van der Waals surface area contributed by atoms with Gasteiger partial charge in [-0.3, -0.25) is 9.69 Å². The highest BCUT2D eigenvalue weighted by molar-refractivity contribution is 6.30. The van der Waals surface area contributed by atoms with Crippen molar-refractivity contribution >= 4 is 17.5 Å². The van der Waals surface area contributed by atoms with Gasteiger partial charge in [-0.25, -0.2) is 4.68 Å². The number of nitrogens with zero attached hydrogens (tertiary/aromatic N) is 4. The standard InChI is InChI=1S/C26H32ClN5O/c1-19-24(20(2)32(29-19)23-11-9-22(27)10-12-23)17-26(33)28-25(21-7-5-4-6-8-21)18-31-15-13-30(3)14-16-31/h4-12,25H,13-18H2,1-3H3,(H,28,33). The number of likely N-dealkylation sites (N-methyl/N-ethyl adjacent to an activating group) is 1. The second kappa shape index (κ2) is 10.5. The number of carbonyl (C=O) groups is 1. The molecule has 1 aliphatic heterocycles. The van der Waals surface area contributed by atoms with Crippen LogP contribution in [0.25, 0.3) is 5.69 Å². The quantitative estimate of drug-likeness (QED) is 0.576. The highest BCUT2D eigenvalue weighted by atomic mass is 35.5. The van der Waals surface area contributed by atoms with E-state index in [0.29, 0.717) is 11.4 Å². The van der Waals surface area contributed by atoms with Crippen LogP contribution in [0.3, 0.4) is 0 Å². The maximum absolute atomic E-state index is 13.2. The van der Waals surface area contributed by atoms with Crippen molar-refractivity contribution in [1.82, 2.24) is 24.9 Å². The van der Waals surface area contributed by atoms with Gasteiger partial charge in [0.25, 0.3) is 0 Å². The topological polar surface area (TPSA) is 53.4 Å². The molecule has 0 bridgehead atoms. The predicted molar refractivity (Wildman–Crippen MR) is 133 cm³/mol. The van der Waals surface area contributed by atoms with Crippen LogP contribution in [-0.4, -0.2) is 65.3 Å². The first-order chi connectivity index (χ1) is 15.9. The molecular formula is C26H32ClN5O. The van der Waals surface area contributed by atoms with Crippen LogP contribution in [-0.2, 0) is 11.2 Å². The van der Waals surface area contributed by atoms with E-state index in [2.05, 4.69) is 39.4 Å². The average Bonchev–Trinajstić information content (AvgIpc) is 3.09.